The van der Waals surface area contributed by atoms with Crippen molar-refractivity contribution in [3.05, 3.63) is 71.7 Å². The molecule has 0 spiro atoms. The highest BCUT2D eigenvalue weighted by atomic mass is 16.2. The number of amides is 2. The van der Waals surface area contributed by atoms with Crippen LogP contribution >= 0.6 is 0 Å². The molecule has 3 aromatic rings. The Labute approximate surface area is 156 Å². The highest BCUT2D eigenvalue weighted by molar-refractivity contribution is 5.82. The molecule has 1 aliphatic heterocycles. The Hall–Kier alpha value is -3.41. The van der Waals surface area contributed by atoms with E-state index in [1.165, 1.54) is 6.92 Å². The van der Waals surface area contributed by atoms with Crippen LogP contribution in [-0.2, 0) is 16.1 Å². The van der Waals surface area contributed by atoms with E-state index in [0.29, 0.717) is 12.4 Å². The number of aromatic amines is 1. The SMILES string of the molecule is CC(=O)N1C=Cc2ccccc2C1CC(=O)NCc1nc2ccccc2[nH]1. The molecule has 6 nitrogen and oxygen atoms in total. The third-order valence-corrected chi connectivity index (χ3v) is 4.74. The Kier molecular flexibility index (Phi) is 4.46. The van der Waals surface area contributed by atoms with Gasteiger partial charge in [-0.3, -0.25) is 9.59 Å². The predicted molar refractivity (Wildman–Crippen MR) is 103 cm³/mol. The largest absolute Gasteiger partial charge is 0.349 e. The van der Waals surface area contributed by atoms with E-state index < -0.39 is 0 Å². The molecule has 0 radical (unpaired) electrons. The molecule has 0 saturated heterocycles. The van der Waals surface area contributed by atoms with Crippen LogP contribution in [0, 0.1) is 0 Å². The molecule has 27 heavy (non-hydrogen) atoms. The van der Waals surface area contributed by atoms with Crippen LogP contribution < -0.4 is 5.32 Å². The van der Waals surface area contributed by atoms with Crippen molar-refractivity contribution in [3.63, 3.8) is 0 Å². The third kappa shape index (κ3) is 3.46. The molecule has 6 heteroatoms. The molecule has 0 fully saturated rings. The zero-order valence-corrected chi connectivity index (χ0v) is 15.0. The fraction of sp³-hybridized carbons (Fsp3) is 0.190. The number of imidazole rings is 1. The first kappa shape index (κ1) is 17.0. The number of carbonyl (C=O) groups excluding carboxylic acids is 2. The third-order valence-electron chi connectivity index (χ3n) is 4.74. The van der Waals surface area contributed by atoms with Gasteiger partial charge in [-0.25, -0.2) is 4.98 Å². The maximum Gasteiger partial charge on any atom is 0.223 e. The lowest BCUT2D eigenvalue weighted by Gasteiger charge is -2.32. The number of fused-ring (bicyclic) bond motifs is 2. The van der Waals surface area contributed by atoms with Gasteiger partial charge in [0.25, 0.3) is 0 Å². The summed E-state index contributed by atoms with van der Waals surface area (Å²) >= 11 is 0. The quantitative estimate of drug-likeness (QED) is 0.750. The van der Waals surface area contributed by atoms with Gasteiger partial charge in [-0.2, -0.15) is 0 Å². The Morgan fingerprint density at radius 3 is 2.74 bits per heavy atom. The van der Waals surface area contributed by atoms with E-state index in [1.54, 1.807) is 11.1 Å². The van der Waals surface area contributed by atoms with Crippen LogP contribution in [0.5, 0.6) is 0 Å². The maximum absolute atomic E-state index is 12.6. The van der Waals surface area contributed by atoms with Gasteiger partial charge in [0.2, 0.25) is 11.8 Å². The number of H-pyrrole nitrogens is 1. The number of hydrogen-bond acceptors (Lipinski definition) is 3. The minimum Gasteiger partial charge on any atom is -0.349 e. The molecular weight excluding hydrogens is 340 g/mol. The summed E-state index contributed by atoms with van der Waals surface area (Å²) in [5.74, 6) is 0.490. The van der Waals surface area contributed by atoms with Gasteiger partial charge < -0.3 is 15.2 Å². The number of rotatable bonds is 4. The summed E-state index contributed by atoms with van der Waals surface area (Å²) in [5, 5.41) is 2.90. The summed E-state index contributed by atoms with van der Waals surface area (Å²) in [6.45, 7) is 1.83. The molecular formula is C21H20N4O2. The van der Waals surface area contributed by atoms with E-state index in [2.05, 4.69) is 15.3 Å². The topological polar surface area (TPSA) is 78.1 Å². The summed E-state index contributed by atoms with van der Waals surface area (Å²) in [6, 6.07) is 15.3. The summed E-state index contributed by atoms with van der Waals surface area (Å²) in [5.41, 5.74) is 3.82. The molecule has 2 heterocycles. The van der Waals surface area contributed by atoms with Crippen molar-refractivity contribution in [2.24, 2.45) is 0 Å². The first-order valence-electron chi connectivity index (χ1n) is 8.88. The Balaban J connectivity index is 1.47. The molecule has 2 aromatic carbocycles. The molecule has 4 rings (SSSR count). The molecule has 1 aliphatic rings. The smallest absolute Gasteiger partial charge is 0.223 e. The van der Waals surface area contributed by atoms with Gasteiger partial charge in [0, 0.05) is 13.1 Å². The summed E-state index contributed by atoms with van der Waals surface area (Å²) < 4.78 is 0. The van der Waals surface area contributed by atoms with E-state index >= 15 is 0 Å². The summed E-state index contributed by atoms with van der Waals surface area (Å²) in [4.78, 5) is 33.8. The zero-order valence-electron chi connectivity index (χ0n) is 15.0. The van der Waals surface area contributed by atoms with Crippen molar-refractivity contribution in [2.75, 3.05) is 0 Å². The summed E-state index contributed by atoms with van der Waals surface area (Å²) in [6.07, 6.45) is 3.85. The van der Waals surface area contributed by atoms with Crippen molar-refractivity contribution < 1.29 is 9.59 Å². The van der Waals surface area contributed by atoms with Gasteiger partial charge in [-0.15, -0.1) is 0 Å². The lowest BCUT2D eigenvalue weighted by atomic mass is 9.93. The lowest BCUT2D eigenvalue weighted by molar-refractivity contribution is -0.130. The number of aromatic nitrogens is 2. The van der Waals surface area contributed by atoms with E-state index in [9.17, 15) is 9.59 Å². The molecule has 0 saturated carbocycles. The molecule has 0 aliphatic carbocycles. The van der Waals surface area contributed by atoms with E-state index in [0.717, 1.165) is 22.2 Å². The van der Waals surface area contributed by atoms with Gasteiger partial charge in [0.15, 0.2) is 0 Å². The average Bonchev–Trinajstić information content (AvgIpc) is 3.09. The Morgan fingerprint density at radius 1 is 1.15 bits per heavy atom. The standard InChI is InChI=1S/C21H20N4O2/c1-14(26)25-11-10-15-6-2-3-7-16(15)19(25)12-21(27)22-13-20-23-17-8-4-5-9-18(17)24-20/h2-11,19H,12-13H2,1H3,(H,22,27)(H,23,24). The van der Waals surface area contributed by atoms with Crippen molar-refractivity contribution in [3.8, 4) is 0 Å². The van der Waals surface area contributed by atoms with Crippen molar-refractivity contribution in [2.45, 2.75) is 25.9 Å². The minimum atomic E-state index is -0.306. The second-order valence-electron chi connectivity index (χ2n) is 6.57. The monoisotopic (exact) mass is 360 g/mol. The second kappa shape index (κ2) is 7.07. The first-order valence-corrected chi connectivity index (χ1v) is 8.88. The summed E-state index contributed by atoms with van der Waals surface area (Å²) in [7, 11) is 0. The van der Waals surface area contributed by atoms with E-state index in [1.807, 2.05) is 54.6 Å². The number of para-hydroxylation sites is 2. The van der Waals surface area contributed by atoms with Crippen LogP contribution in [0.1, 0.15) is 36.3 Å². The molecule has 1 aromatic heterocycles. The van der Waals surface area contributed by atoms with Crippen LogP contribution in [0.3, 0.4) is 0 Å². The molecule has 1 unspecified atom stereocenters. The second-order valence-corrected chi connectivity index (χ2v) is 6.57. The highest BCUT2D eigenvalue weighted by Gasteiger charge is 2.28. The first-order chi connectivity index (χ1) is 13.1. The van der Waals surface area contributed by atoms with E-state index in [4.69, 9.17) is 0 Å². The van der Waals surface area contributed by atoms with Crippen LogP contribution in [0.4, 0.5) is 0 Å². The van der Waals surface area contributed by atoms with Crippen LogP contribution in [-0.4, -0.2) is 26.7 Å². The van der Waals surface area contributed by atoms with Gasteiger partial charge in [0.1, 0.15) is 5.82 Å². The van der Waals surface area contributed by atoms with Crippen molar-refractivity contribution in [1.29, 1.82) is 0 Å². The molecule has 1 atom stereocenters. The van der Waals surface area contributed by atoms with Gasteiger partial charge in [0.05, 0.1) is 30.0 Å². The normalized spacial score (nSPS) is 15.6. The van der Waals surface area contributed by atoms with Gasteiger partial charge in [-0.05, 0) is 29.3 Å². The number of benzene rings is 2. The number of nitrogens with one attached hydrogen (secondary N) is 2. The number of carbonyl (C=O) groups is 2. The van der Waals surface area contributed by atoms with Crippen molar-refractivity contribution in [1.82, 2.24) is 20.2 Å². The van der Waals surface area contributed by atoms with Crippen LogP contribution in [0.25, 0.3) is 17.1 Å². The Morgan fingerprint density at radius 2 is 1.93 bits per heavy atom. The maximum atomic E-state index is 12.6. The van der Waals surface area contributed by atoms with E-state index in [-0.39, 0.29) is 24.3 Å². The van der Waals surface area contributed by atoms with Crippen LogP contribution in [0.15, 0.2) is 54.7 Å². The van der Waals surface area contributed by atoms with Crippen molar-refractivity contribution >= 4 is 28.9 Å². The van der Waals surface area contributed by atoms with Gasteiger partial charge in [-0.1, -0.05) is 36.4 Å². The lowest BCUT2D eigenvalue weighted by Crippen LogP contribution is -2.35. The molecule has 0 bridgehead atoms. The number of hydrogen-bond donors (Lipinski definition) is 2. The highest BCUT2D eigenvalue weighted by Crippen LogP contribution is 2.32. The minimum absolute atomic E-state index is 0.0872. The molecule has 2 N–H and O–H groups in total. The predicted octanol–water partition coefficient (Wildman–Crippen LogP) is 3.14. The van der Waals surface area contributed by atoms with Gasteiger partial charge >= 0.3 is 0 Å². The zero-order chi connectivity index (χ0) is 18.8. The average molecular weight is 360 g/mol. The van der Waals surface area contributed by atoms with Crippen LogP contribution in [0.2, 0.25) is 0 Å². The fourth-order valence-corrected chi connectivity index (χ4v) is 3.43. The molecule has 136 valence electrons. The fourth-order valence-electron chi connectivity index (χ4n) is 3.43. The molecule has 2 amide bonds. The number of nitrogens with zero attached hydrogens (tertiary/aromatic N) is 2. The Bertz CT molecular complexity index is 1000.